The zero-order valence-electron chi connectivity index (χ0n) is 12.9. The summed E-state index contributed by atoms with van der Waals surface area (Å²) < 4.78 is 31.9. The number of hydrogen-bond acceptors (Lipinski definition) is 7. The quantitative estimate of drug-likeness (QED) is 0.776. The molecule has 9 heteroatoms. The van der Waals surface area contributed by atoms with E-state index in [2.05, 4.69) is 10.1 Å². The number of aromatic nitrogens is 1. The van der Waals surface area contributed by atoms with Gasteiger partial charge in [-0.2, -0.15) is 4.31 Å². The molecule has 3 rings (SSSR count). The predicted molar refractivity (Wildman–Crippen MR) is 86.7 cm³/mol. The molecule has 1 fully saturated rings. The van der Waals surface area contributed by atoms with Gasteiger partial charge in [-0.1, -0.05) is 5.16 Å². The van der Waals surface area contributed by atoms with Crippen LogP contribution in [0.5, 0.6) is 0 Å². The number of aldehydes is 1. The molecule has 1 saturated heterocycles. The lowest BCUT2D eigenvalue weighted by Crippen LogP contribution is -2.48. The van der Waals surface area contributed by atoms with Gasteiger partial charge >= 0.3 is 0 Å². The van der Waals surface area contributed by atoms with Crippen LogP contribution in [-0.4, -0.2) is 50.3 Å². The summed E-state index contributed by atoms with van der Waals surface area (Å²) in [6.45, 7) is 5.19. The van der Waals surface area contributed by atoms with Crippen molar-refractivity contribution in [3.8, 4) is 0 Å². The van der Waals surface area contributed by atoms with E-state index in [-0.39, 0.29) is 4.90 Å². The van der Waals surface area contributed by atoms with Crippen LogP contribution in [0.4, 0.5) is 5.00 Å². The Hall–Kier alpha value is -1.71. The van der Waals surface area contributed by atoms with Gasteiger partial charge in [-0.3, -0.25) is 4.79 Å². The Kier molecular flexibility index (Phi) is 4.26. The van der Waals surface area contributed by atoms with E-state index in [9.17, 15) is 13.2 Å². The van der Waals surface area contributed by atoms with Crippen LogP contribution in [-0.2, 0) is 10.0 Å². The number of carbonyl (C=O) groups is 1. The van der Waals surface area contributed by atoms with Crippen molar-refractivity contribution in [3.63, 3.8) is 0 Å². The lowest BCUT2D eigenvalue weighted by molar-refractivity contribution is 0.112. The Morgan fingerprint density at radius 2 is 1.91 bits per heavy atom. The minimum Gasteiger partial charge on any atom is -0.361 e. The van der Waals surface area contributed by atoms with Gasteiger partial charge in [-0.25, -0.2) is 8.42 Å². The van der Waals surface area contributed by atoms with E-state index in [1.807, 2.05) is 6.07 Å². The van der Waals surface area contributed by atoms with Crippen LogP contribution in [0.25, 0.3) is 0 Å². The fourth-order valence-electron chi connectivity index (χ4n) is 2.70. The molecule has 1 aliphatic rings. The highest BCUT2D eigenvalue weighted by atomic mass is 32.2. The average Bonchev–Trinajstić information content (AvgIpc) is 3.14. The fourth-order valence-corrected chi connectivity index (χ4v) is 5.28. The summed E-state index contributed by atoms with van der Waals surface area (Å²) in [4.78, 5) is 13.7. The molecule has 23 heavy (non-hydrogen) atoms. The van der Waals surface area contributed by atoms with Crippen molar-refractivity contribution >= 4 is 32.6 Å². The Labute approximate surface area is 138 Å². The lowest BCUT2D eigenvalue weighted by atomic mass is 10.4. The largest absolute Gasteiger partial charge is 0.361 e. The van der Waals surface area contributed by atoms with Crippen molar-refractivity contribution in [1.82, 2.24) is 9.46 Å². The molecule has 0 unspecified atom stereocenters. The van der Waals surface area contributed by atoms with Crippen LogP contribution in [0.2, 0.25) is 0 Å². The summed E-state index contributed by atoms with van der Waals surface area (Å²) in [5.41, 5.74) is 0.388. The maximum absolute atomic E-state index is 12.7. The summed E-state index contributed by atoms with van der Waals surface area (Å²) in [7, 11) is -3.59. The molecule has 0 N–H and O–H groups in total. The number of rotatable bonds is 4. The summed E-state index contributed by atoms with van der Waals surface area (Å²) >= 11 is 1.42. The second kappa shape index (κ2) is 6.06. The minimum atomic E-state index is -3.59. The van der Waals surface area contributed by atoms with E-state index in [1.54, 1.807) is 19.9 Å². The SMILES string of the molecule is Cc1noc(C)c1S(=O)(=O)N1CCN(c2ccc(C=O)s2)CC1. The molecule has 3 heterocycles. The summed E-state index contributed by atoms with van der Waals surface area (Å²) in [5, 5.41) is 4.72. The van der Waals surface area contributed by atoms with Crippen LogP contribution in [0.15, 0.2) is 21.6 Å². The molecule has 2 aromatic heterocycles. The van der Waals surface area contributed by atoms with Crippen LogP contribution >= 0.6 is 11.3 Å². The topological polar surface area (TPSA) is 83.7 Å². The van der Waals surface area contributed by atoms with Crippen molar-refractivity contribution in [2.75, 3.05) is 31.1 Å². The van der Waals surface area contributed by atoms with Gasteiger partial charge in [0, 0.05) is 26.2 Å². The molecule has 0 saturated carbocycles. The Bertz CT molecular complexity index is 797. The molecule has 0 aliphatic carbocycles. The molecule has 1 aliphatic heterocycles. The first-order valence-corrected chi connectivity index (χ1v) is 9.42. The third-order valence-electron chi connectivity index (χ3n) is 3.84. The monoisotopic (exact) mass is 355 g/mol. The van der Waals surface area contributed by atoms with Crippen LogP contribution in [0.1, 0.15) is 21.1 Å². The van der Waals surface area contributed by atoms with Gasteiger partial charge in [-0.15, -0.1) is 11.3 Å². The van der Waals surface area contributed by atoms with Crippen LogP contribution in [0.3, 0.4) is 0 Å². The number of nitrogens with zero attached hydrogens (tertiary/aromatic N) is 3. The minimum absolute atomic E-state index is 0.172. The van der Waals surface area contributed by atoms with Gasteiger partial charge in [-0.05, 0) is 26.0 Å². The molecule has 124 valence electrons. The number of thiophene rings is 1. The average molecular weight is 355 g/mol. The zero-order chi connectivity index (χ0) is 16.6. The van der Waals surface area contributed by atoms with Gasteiger partial charge in [0.1, 0.15) is 10.6 Å². The van der Waals surface area contributed by atoms with Crippen molar-refractivity contribution in [2.24, 2.45) is 0 Å². The number of aryl methyl sites for hydroxylation is 2. The third kappa shape index (κ3) is 2.91. The van der Waals surface area contributed by atoms with Gasteiger partial charge in [0.2, 0.25) is 10.0 Å². The smallest absolute Gasteiger partial charge is 0.248 e. The highest BCUT2D eigenvalue weighted by Gasteiger charge is 2.33. The fraction of sp³-hybridized carbons (Fsp3) is 0.429. The summed E-state index contributed by atoms with van der Waals surface area (Å²) in [6, 6.07) is 3.67. The highest BCUT2D eigenvalue weighted by Crippen LogP contribution is 2.28. The second-order valence-electron chi connectivity index (χ2n) is 5.34. The lowest BCUT2D eigenvalue weighted by Gasteiger charge is -2.34. The van der Waals surface area contributed by atoms with E-state index >= 15 is 0 Å². The third-order valence-corrected chi connectivity index (χ3v) is 7.06. The molecule has 0 bridgehead atoms. The summed E-state index contributed by atoms with van der Waals surface area (Å²) in [6.07, 6.45) is 0.826. The van der Waals surface area contributed by atoms with E-state index in [0.29, 0.717) is 42.5 Å². The van der Waals surface area contributed by atoms with E-state index in [1.165, 1.54) is 15.6 Å². The van der Waals surface area contributed by atoms with Crippen LogP contribution < -0.4 is 4.90 Å². The summed E-state index contributed by atoms with van der Waals surface area (Å²) in [5.74, 6) is 0.318. The number of sulfonamides is 1. The molecule has 0 atom stereocenters. The maximum Gasteiger partial charge on any atom is 0.248 e. The standard InChI is InChI=1S/C14H17N3O4S2/c1-10-14(11(2)21-15-10)23(19,20)17-7-5-16(6-8-17)13-4-3-12(9-18)22-13/h3-4,9H,5-8H2,1-2H3. The maximum atomic E-state index is 12.7. The van der Waals surface area contributed by atoms with Crippen molar-refractivity contribution in [2.45, 2.75) is 18.7 Å². The van der Waals surface area contributed by atoms with Gasteiger partial charge in [0.05, 0.1) is 9.88 Å². The zero-order valence-corrected chi connectivity index (χ0v) is 14.5. The first-order chi connectivity index (χ1) is 10.9. The van der Waals surface area contributed by atoms with Crippen molar-refractivity contribution in [3.05, 3.63) is 28.5 Å². The molecular weight excluding hydrogens is 338 g/mol. The van der Waals surface area contributed by atoms with E-state index in [0.717, 1.165) is 11.3 Å². The van der Waals surface area contributed by atoms with Gasteiger partial charge in [0.15, 0.2) is 12.0 Å². The molecule has 0 aromatic carbocycles. The van der Waals surface area contributed by atoms with E-state index in [4.69, 9.17) is 4.52 Å². The van der Waals surface area contributed by atoms with E-state index < -0.39 is 10.0 Å². The molecule has 2 aromatic rings. The van der Waals surface area contributed by atoms with Crippen LogP contribution in [0, 0.1) is 13.8 Å². The second-order valence-corrected chi connectivity index (χ2v) is 8.31. The molecule has 0 spiro atoms. The predicted octanol–water partition coefficient (Wildman–Crippen LogP) is 1.68. The number of carbonyl (C=O) groups excluding carboxylic acids is 1. The Morgan fingerprint density at radius 1 is 1.22 bits per heavy atom. The number of hydrogen-bond donors (Lipinski definition) is 0. The molecule has 0 radical (unpaired) electrons. The number of piperazine rings is 1. The number of anilines is 1. The van der Waals surface area contributed by atoms with Gasteiger partial charge in [0.25, 0.3) is 0 Å². The first kappa shape index (κ1) is 16.2. The Morgan fingerprint density at radius 3 is 2.43 bits per heavy atom. The first-order valence-electron chi connectivity index (χ1n) is 7.16. The molecular formula is C14H17N3O4S2. The molecule has 0 amide bonds. The van der Waals surface area contributed by atoms with Gasteiger partial charge < -0.3 is 9.42 Å². The Balaban J connectivity index is 1.75. The normalized spacial score (nSPS) is 16.7. The highest BCUT2D eigenvalue weighted by molar-refractivity contribution is 7.89. The molecule has 7 nitrogen and oxygen atoms in total. The van der Waals surface area contributed by atoms with Crippen molar-refractivity contribution < 1.29 is 17.7 Å². The van der Waals surface area contributed by atoms with Crippen molar-refractivity contribution in [1.29, 1.82) is 0 Å².